The van der Waals surface area contributed by atoms with Crippen molar-refractivity contribution in [1.82, 2.24) is 0 Å². The van der Waals surface area contributed by atoms with Crippen LogP contribution in [-0.2, 0) is 23.8 Å². The molecule has 25 heavy (non-hydrogen) atoms. The molecular weight excluding hydrogens is 346 g/mol. The molecule has 2 amide bonds. The fourth-order valence-electron chi connectivity index (χ4n) is 4.52. The Balaban J connectivity index is 1.59. The second-order valence-corrected chi connectivity index (χ2v) is 7.43. The molecule has 0 spiro atoms. The Hall–Kier alpha value is -1.73. The largest absolute Gasteiger partial charge is 0.354 e. The van der Waals surface area contributed by atoms with Gasteiger partial charge in [0.15, 0.2) is 11.9 Å². The third-order valence-electron chi connectivity index (χ3n) is 5.56. The van der Waals surface area contributed by atoms with Gasteiger partial charge < -0.3 is 14.2 Å². The van der Waals surface area contributed by atoms with Gasteiger partial charge in [-0.2, -0.15) is 0 Å². The molecule has 130 valence electrons. The van der Waals surface area contributed by atoms with E-state index >= 15 is 0 Å². The van der Waals surface area contributed by atoms with Gasteiger partial charge >= 0.3 is 0 Å². The zero-order chi connectivity index (χ0) is 17.4. The molecule has 1 aromatic carbocycles. The van der Waals surface area contributed by atoms with Crippen LogP contribution in [0.2, 0.25) is 5.02 Å². The van der Waals surface area contributed by atoms with Crippen molar-refractivity contribution in [2.75, 3.05) is 18.1 Å². The SMILES string of the molecule is C[C@@]12C=C[C@@](C3OCCO3)(O1)[C@@H]1C(=O)N(c3ccc(Cl)cc3)C(=O)[C@@H]12. The summed E-state index contributed by atoms with van der Waals surface area (Å²) in [5.74, 6) is -1.80. The highest BCUT2D eigenvalue weighted by molar-refractivity contribution is 6.31. The van der Waals surface area contributed by atoms with Crippen LogP contribution in [0.5, 0.6) is 0 Å². The average molecular weight is 362 g/mol. The van der Waals surface area contributed by atoms with E-state index in [9.17, 15) is 9.59 Å². The van der Waals surface area contributed by atoms with Crippen LogP contribution in [0, 0.1) is 11.8 Å². The van der Waals surface area contributed by atoms with Crippen molar-refractivity contribution in [2.24, 2.45) is 11.8 Å². The van der Waals surface area contributed by atoms with E-state index in [1.807, 2.05) is 19.1 Å². The number of imide groups is 1. The maximum atomic E-state index is 13.2. The van der Waals surface area contributed by atoms with Crippen LogP contribution in [0.1, 0.15) is 6.92 Å². The van der Waals surface area contributed by atoms with E-state index in [0.717, 1.165) is 0 Å². The quantitative estimate of drug-likeness (QED) is 0.595. The minimum Gasteiger partial charge on any atom is -0.354 e. The topological polar surface area (TPSA) is 65.1 Å². The molecule has 4 atom stereocenters. The highest BCUT2D eigenvalue weighted by Crippen LogP contribution is 2.59. The molecule has 6 nitrogen and oxygen atoms in total. The lowest BCUT2D eigenvalue weighted by atomic mass is 9.72. The smallest absolute Gasteiger partial charge is 0.241 e. The molecule has 1 aromatic rings. The molecule has 5 rings (SSSR count). The van der Waals surface area contributed by atoms with E-state index in [-0.39, 0.29) is 11.8 Å². The van der Waals surface area contributed by atoms with Gasteiger partial charge in [-0.1, -0.05) is 17.7 Å². The second-order valence-electron chi connectivity index (χ2n) is 6.99. The number of hydrogen-bond donors (Lipinski definition) is 0. The Morgan fingerprint density at radius 3 is 2.36 bits per heavy atom. The number of rotatable bonds is 2. The van der Waals surface area contributed by atoms with Gasteiger partial charge in [0.1, 0.15) is 0 Å². The first-order valence-corrected chi connectivity index (χ1v) is 8.61. The summed E-state index contributed by atoms with van der Waals surface area (Å²) in [5.41, 5.74) is -1.38. The molecular formula is C18H16ClNO5. The maximum absolute atomic E-state index is 13.2. The summed E-state index contributed by atoms with van der Waals surface area (Å²) in [7, 11) is 0. The van der Waals surface area contributed by atoms with E-state index < -0.39 is 29.3 Å². The van der Waals surface area contributed by atoms with E-state index in [0.29, 0.717) is 23.9 Å². The van der Waals surface area contributed by atoms with Crippen LogP contribution in [-0.4, -0.2) is 42.5 Å². The van der Waals surface area contributed by atoms with Crippen molar-refractivity contribution in [1.29, 1.82) is 0 Å². The van der Waals surface area contributed by atoms with Crippen LogP contribution in [0.4, 0.5) is 5.69 Å². The Morgan fingerprint density at radius 2 is 1.68 bits per heavy atom. The number of fused-ring (bicyclic) bond motifs is 5. The summed E-state index contributed by atoms with van der Waals surface area (Å²) in [5, 5.41) is 0.546. The van der Waals surface area contributed by atoms with Crippen LogP contribution < -0.4 is 4.90 Å². The van der Waals surface area contributed by atoms with Gasteiger partial charge in [-0.15, -0.1) is 0 Å². The van der Waals surface area contributed by atoms with Crippen LogP contribution in [0.15, 0.2) is 36.4 Å². The van der Waals surface area contributed by atoms with Crippen molar-refractivity contribution >= 4 is 29.1 Å². The van der Waals surface area contributed by atoms with Crippen molar-refractivity contribution in [3.8, 4) is 0 Å². The van der Waals surface area contributed by atoms with Gasteiger partial charge in [-0.05, 0) is 37.3 Å². The lowest BCUT2D eigenvalue weighted by Crippen LogP contribution is -2.49. The zero-order valence-electron chi connectivity index (χ0n) is 13.5. The van der Waals surface area contributed by atoms with Crippen LogP contribution in [0.3, 0.4) is 0 Å². The number of ether oxygens (including phenoxy) is 3. The molecule has 7 heteroatoms. The molecule has 0 saturated carbocycles. The lowest BCUT2D eigenvalue weighted by molar-refractivity contribution is -0.190. The lowest BCUT2D eigenvalue weighted by Gasteiger charge is -2.32. The van der Waals surface area contributed by atoms with Gasteiger partial charge in [0, 0.05) is 5.02 Å². The summed E-state index contributed by atoms with van der Waals surface area (Å²) >= 11 is 5.92. The number of anilines is 1. The predicted molar refractivity (Wildman–Crippen MR) is 88.0 cm³/mol. The van der Waals surface area contributed by atoms with Gasteiger partial charge in [0.05, 0.1) is 36.3 Å². The van der Waals surface area contributed by atoms with Gasteiger partial charge in [-0.3, -0.25) is 9.59 Å². The first kappa shape index (κ1) is 15.5. The van der Waals surface area contributed by atoms with Gasteiger partial charge in [0.25, 0.3) is 0 Å². The first-order valence-electron chi connectivity index (χ1n) is 8.23. The fourth-order valence-corrected chi connectivity index (χ4v) is 4.64. The van der Waals surface area contributed by atoms with Crippen LogP contribution >= 0.6 is 11.6 Å². The van der Waals surface area contributed by atoms with Crippen molar-refractivity contribution in [3.63, 3.8) is 0 Å². The number of benzene rings is 1. The van der Waals surface area contributed by atoms with Crippen LogP contribution in [0.25, 0.3) is 0 Å². The zero-order valence-corrected chi connectivity index (χ0v) is 14.2. The third kappa shape index (κ3) is 1.85. The molecule has 2 bridgehead atoms. The number of amides is 2. The molecule has 4 heterocycles. The molecule has 4 aliphatic heterocycles. The number of halogens is 1. The minimum absolute atomic E-state index is 0.260. The normalized spacial score (nSPS) is 39.7. The maximum Gasteiger partial charge on any atom is 0.241 e. The molecule has 3 fully saturated rings. The summed E-state index contributed by atoms with van der Waals surface area (Å²) in [6.45, 7) is 2.73. The summed E-state index contributed by atoms with van der Waals surface area (Å²) in [6, 6.07) is 6.67. The van der Waals surface area contributed by atoms with Gasteiger partial charge in [0.2, 0.25) is 11.8 Å². The molecule has 0 radical (unpaired) electrons. The number of carbonyl (C=O) groups excluding carboxylic acids is 2. The van der Waals surface area contributed by atoms with Crippen molar-refractivity contribution in [3.05, 3.63) is 41.4 Å². The minimum atomic E-state index is -1.05. The first-order chi connectivity index (χ1) is 12.0. The van der Waals surface area contributed by atoms with E-state index in [1.165, 1.54) is 4.90 Å². The Morgan fingerprint density at radius 1 is 1.04 bits per heavy atom. The van der Waals surface area contributed by atoms with E-state index in [2.05, 4.69) is 0 Å². The number of nitrogens with zero attached hydrogens (tertiary/aromatic N) is 1. The molecule has 4 aliphatic rings. The highest BCUT2D eigenvalue weighted by Gasteiger charge is 2.75. The highest BCUT2D eigenvalue weighted by atomic mass is 35.5. The standard InChI is InChI=1S/C18H16ClNO5/c1-17-6-7-18(25-17,16-23-8-9-24-16)13-12(17)14(21)20(15(13)22)11-4-2-10(19)3-5-11/h2-7,12-13,16H,8-9H2,1H3/t12-,13+,17+,18-/m1/s1. The number of carbonyl (C=O) groups is 2. The summed E-state index contributed by atoms with van der Waals surface area (Å²) < 4.78 is 17.5. The van der Waals surface area contributed by atoms with E-state index in [1.54, 1.807) is 24.3 Å². The Labute approximate surface area is 149 Å². The second kappa shape index (κ2) is 4.92. The monoisotopic (exact) mass is 361 g/mol. The third-order valence-corrected chi connectivity index (χ3v) is 5.81. The van der Waals surface area contributed by atoms with E-state index in [4.69, 9.17) is 25.8 Å². The van der Waals surface area contributed by atoms with Crippen molar-refractivity contribution < 1.29 is 23.8 Å². The summed E-state index contributed by atoms with van der Waals surface area (Å²) in [4.78, 5) is 27.6. The number of hydrogen-bond acceptors (Lipinski definition) is 5. The molecule has 3 saturated heterocycles. The molecule has 0 N–H and O–H groups in total. The molecule has 0 aromatic heterocycles. The fraction of sp³-hybridized carbons (Fsp3) is 0.444. The Kier molecular flexibility index (Phi) is 3.05. The molecule has 0 aliphatic carbocycles. The average Bonchev–Trinajstić information content (AvgIpc) is 3.31. The van der Waals surface area contributed by atoms with Gasteiger partial charge in [-0.25, -0.2) is 4.90 Å². The van der Waals surface area contributed by atoms with Crippen molar-refractivity contribution in [2.45, 2.75) is 24.4 Å². The Bertz CT molecular complexity index is 802. The summed E-state index contributed by atoms with van der Waals surface area (Å²) in [6.07, 6.45) is 3.01. The molecule has 0 unspecified atom stereocenters. The predicted octanol–water partition coefficient (Wildman–Crippen LogP) is 1.92.